The third-order valence-corrected chi connectivity index (χ3v) is 15.3. The minimum Gasteiger partial charge on any atom is -0.456 e. The second-order valence-electron chi connectivity index (χ2n) is 19.7. The summed E-state index contributed by atoms with van der Waals surface area (Å²) in [6.45, 7) is 2.31. The largest absolute Gasteiger partial charge is 0.456 e. The fourth-order valence-electron chi connectivity index (χ4n) is 11.8. The maximum atomic E-state index is 6.76. The Labute approximate surface area is 426 Å². The molecule has 5 heteroatoms. The highest BCUT2D eigenvalue weighted by atomic mass is 16.3. The molecule has 0 saturated carbocycles. The van der Waals surface area contributed by atoms with E-state index in [-0.39, 0.29) is 5.92 Å². The first-order valence-corrected chi connectivity index (χ1v) is 25.5. The van der Waals surface area contributed by atoms with E-state index in [0.717, 1.165) is 89.1 Å². The van der Waals surface area contributed by atoms with Crippen LogP contribution in [0.4, 0.5) is 0 Å². The van der Waals surface area contributed by atoms with Crippen LogP contribution in [0.25, 0.3) is 115 Å². The van der Waals surface area contributed by atoms with Crippen LogP contribution in [0, 0.1) is 5.92 Å². The number of nitrogens with zero attached hydrogens (tertiary/aromatic N) is 4. The first-order valence-electron chi connectivity index (χ1n) is 25.5. The average Bonchev–Trinajstić information content (AvgIpc) is 4.11. The van der Waals surface area contributed by atoms with Crippen molar-refractivity contribution in [2.75, 3.05) is 0 Å². The lowest BCUT2D eigenvalue weighted by Gasteiger charge is -2.20. The molecule has 74 heavy (non-hydrogen) atoms. The number of allylic oxidation sites excluding steroid dienone is 1. The van der Waals surface area contributed by atoms with Gasteiger partial charge in [-0.05, 0) is 111 Å². The van der Waals surface area contributed by atoms with Crippen molar-refractivity contribution >= 4 is 104 Å². The number of para-hydroxylation sites is 3. The molecule has 0 bridgehead atoms. The fraction of sp³-hybridized carbons (Fsp3) is 0.0435. The number of amidine groups is 1. The fourth-order valence-corrected chi connectivity index (χ4v) is 11.8. The summed E-state index contributed by atoms with van der Waals surface area (Å²) in [5.41, 5.74) is 15.5. The van der Waals surface area contributed by atoms with Crippen molar-refractivity contribution in [3.8, 4) is 22.5 Å². The standard InChI is InChI=1S/C69H46N4O/c1-43-31-34-59(57-41-56-54-28-13-15-30-65(54)74-66(56)42-64(57)73-62-36-32-45-19-10-11-26-52(45)67(62)58-38-47-20-8-9-21-48(47)40-63(58)73)70-69(50-23-16-22-46(37-50)44-17-4-2-5-18-44)71-68(43)49-33-35-61-55(39-49)53-27-12-14-29-60(53)72(61)51-24-6-3-7-25-51/h2-30,32-43H,31H2,1H3/b59-34+,70-69-,71-68+. The maximum absolute atomic E-state index is 6.76. The first-order chi connectivity index (χ1) is 36.6. The Bertz CT molecular complexity index is 4700. The van der Waals surface area contributed by atoms with Crippen LogP contribution in [-0.2, 0) is 0 Å². The van der Waals surface area contributed by atoms with Gasteiger partial charge in [-0.25, -0.2) is 9.98 Å². The summed E-state index contributed by atoms with van der Waals surface area (Å²) < 4.78 is 11.6. The summed E-state index contributed by atoms with van der Waals surface area (Å²) in [6.07, 6.45) is 3.07. The van der Waals surface area contributed by atoms with Gasteiger partial charge in [0.05, 0.1) is 39.2 Å². The molecular formula is C69H46N4O. The minimum absolute atomic E-state index is 0.0284. The van der Waals surface area contributed by atoms with E-state index in [1.165, 1.54) is 48.6 Å². The summed E-state index contributed by atoms with van der Waals surface area (Å²) >= 11 is 0. The van der Waals surface area contributed by atoms with E-state index in [1.807, 2.05) is 6.07 Å². The molecule has 0 saturated heterocycles. The van der Waals surface area contributed by atoms with E-state index in [4.69, 9.17) is 14.4 Å². The van der Waals surface area contributed by atoms with E-state index in [9.17, 15) is 0 Å². The molecule has 1 aliphatic rings. The van der Waals surface area contributed by atoms with Crippen LogP contribution in [0.3, 0.4) is 0 Å². The van der Waals surface area contributed by atoms with Crippen LogP contribution >= 0.6 is 0 Å². The second-order valence-corrected chi connectivity index (χ2v) is 19.7. The zero-order chi connectivity index (χ0) is 48.9. The lowest BCUT2D eigenvalue weighted by Crippen LogP contribution is -2.17. The molecular weight excluding hydrogens is 901 g/mol. The predicted octanol–water partition coefficient (Wildman–Crippen LogP) is 18.1. The molecule has 0 spiro atoms. The van der Waals surface area contributed by atoms with Gasteiger partial charge in [0.15, 0.2) is 5.84 Å². The maximum Gasteiger partial charge on any atom is 0.160 e. The van der Waals surface area contributed by atoms with Crippen LogP contribution in [0.5, 0.6) is 0 Å². The molecule has 0 fully saturated rings. The topological polar surface area (TPSA) is 47.7 Å². The summed E-state index contributed by atoms with van der Waals surface area (Å²) in [7, 11) is 0. The summed E-state index contributed by atoms with van der Waals surface area (Å²) in [4.78, 5) is 11.6. The van der Waals surface area contributed by atoms with Crippen LogP contribution in [-0.4, -0.2) is 20.7 Å². The number of fused-ring (bicyclic) bond motifs is 12. The third kappa shape index (κ3) is 6.70. The van der Waals surface area contributed by atoms with Crippen LogP contribution in [0.1, 0.15) is 30.0 Å². The van der Waals surface area contributed by atoms with Crippen molar-refractivity contribution in [1.29, 1.82) is 0 Å². The van der Waals surface area contributed by atoms with Gasteiger partial charge in [-0.3, -0.25) is 0 Å². The molecule has 3 aromatic heterocycles. The summed E-state index contributed by atoms with van der Waals surface area (Å²) in [5, 5.41) is 11.7. The van der Waals surface area contributed by atoms with Gasteiger partial charge in [0.1, 0.15) is 11.2 Å². The van der Waals surface area contributed by atoms with Gasteiger partial charge in [-0.15, -0.1) is 0 Å². The molecule has 348 valence electrons. The Hall–Kier alpha value is -9.58. The van der Waals surface area contributed by atoms with Crippen molar-refractivity contribution < 1.29 is 4.42 Å². The highest BCUT2D eigenvalue weighted by Crippen LogP contribution is 2.44. The molecule has 1 aliphatic heterocycles. The molecule has 4 heterocycles. The van der Waals surface area contributed by atoms with E-state index < -0.39 is 0 Å². The number of aromatic nitrogens is 2. The Morgan fingerprint density at radius 2 is 1.08 bits per heavy atom. The highest BCUT2D eigenvalue weighted by molar-refractivity contribution is 6.24. The molecule has 1 unspecified atom stereocenters. The Balaban J connectivity index is 1.000. The minimum atomic E-state index is 0.0284. The van der Waals surface area contributed by atoms with E-state index in [0.29, 0.717) is 12.3 Å². The monoisotopic (exact) mass is 946 g/mol. The summed E-state index contributed by atoms with van der Waals surface area (Å²) in [5.74, 6) is 0.685. The Morgan fingerprint density at radius 3 is 1.93 bits per heavy atom. The molecule has 14 aromatic rings. The number of benzene rings is 11. The van der Waals surface area contributed by atoms with Crippen LogP contribution < -0.4 is 0 Å². The van der Waals surface area contributed by atoms with Gasteiger partial charge in [-0.1, -0.05) is 177 Å². The van der Waals surface area contributed by atoms with Gasteiger partial charge in [0, 0.05) is 61.1 Å². The SMILES string of the molecule is CC1C/C=C(c2cc3c(cc2-n2c4cc5ccccc5cc4c4c5ccccc5ccc42)oc2ccccc23)/N=C(c2cccc(-c3ccccc3)c2)\N=C/1c1ccc2c(c1)c1ccccc1n2-c1ccccc1. The van der Waals surface area contributed by atoms with Crippen molar-refractivity contribution in [1.82, 2.24) is 9.13 Å². The average molecular weight is 947 g/mol. The van der Waals surface area contributed by atoms with Crippen molar-refractivity contribution in [2.45, 2.75) is 13.3 Å². The quantitative estimate of drug-likeness (QED) is 0.164. The molecule has 0 radical (unpaired) electrons. The number of hydrogen-bond acceptors (Lipinski definition) is 3. The smallest absolute Gasteiger partial charge is 0.160 e. The normalized spacial score (nSPS) is 16.4. The van der Waals surface area contributed by atoms with Gasteiger partial charge in [0.25, 0.3) is 0 Å². The zero-order valence-electron chi connectivity index (χ0n) is 40.6. The van der Waals surface area contributed by atoms with Gasteiger partial charge in [0.2, 0.25) is 0 Å². The van der Waals surface area contributed by atoms with E-state index >= 15 is 0 Å². The molecule has 0 amide bonds. The molecule has 0 aliphatic carbocycles. The number of hydrogen-bond donors (Lipinski definition) is 0. The lowest BCUT2D eigenvalue weighted by atomic mass is 9.92. The Morgan fingerprint density at radius 1 is 0.405 bits per heavy atom. The zero-order valence-corrected chi connectivity index (χ0v) is 40.6. The van der Waals surface area contributed by atoms with E-state index in [2.05, 4.69) is 253 Å². The van der Waals surface area contributed by atoms with Gasteiger partial charge >= 0.3 is 0 Å². The molecule has 15 rings (SSSR count). The van der Waals surface area contributed by atoms with Crippen molar-refractivity contribution in [3.63, 3.8) is 0 Å². The number of rotatable bonds is 6. The van der Waals surface area contributed by atoms with Gasteiger partial charge in [-0.2, -0.15) is 0 Å². The highest BCUT2D eigenvalue weighted by Gasteiger charge is 2.25. The number of furan rings is 1. The first kappa shape index (κ1) is 42.1. The van der Waals surface area contributed by atoms with Crippen molar-refractivity contribution in [2.24, 2.45) is 15.9 Å². The predicted molar refractivity (Wildman–Crippen MR) is 311 cm³/mol. The molecule has 1 atom stereocenters. The lowest BCUT2D eigenvalue weighted by molar-refractivity contribution is 0.668. The second kappa shape index (κ2) is 16.8. The molecule has 0 N–H and O–H groups in total. The third-order valence-electron chi connectivity index (χ3n) is 15.3. The van der Waals surface area contributed by atoms with Gasteiger partial charge < -0.3 is 13.6 Å². The molecule has 5 nitrogen and oxygen atoms in total. The van der Waals surface area contributed by atoms with E-state index in [1.54, 1.807) is 0 Å². The molecule has 11 aromatic carbocycles. The van der Waals surface area contributed by atoms with Crippen molar-refractivity contribution in [3.05, 3.63) is 259 Å². The number of aliphatic imine (C=N–C) groups is 2. The van der Waals surface area contributed by atoms with Crippen LogP contribution in [0.2, 0.25) is 0 Å². The summed E-state index contributed by atoms with van der Waals surface area (Å²) in [6, 6.07) is 85.2. The van der Waals surface area contributed by atoms with Crippen LogP contribution in [0.15, 0.2) is 257 Å². The Kier molecular flexibility index (Phi) is 9.54.